The fraction of sp³-hybridized carbons (Fsp3) is 0.333. The van der Waals surface area contributed by atoms with E-state index in [9.17, 15) is 9.59 Å². The van der Waals surface area contributed by atoms with E-state index >= 15 is 0 Å². The lowest BCUT2D eigenvalue weighted by atomic mass is 10.1. The van der Waals surface area contributed by atoms with Gasteiger partial charge in [0.1, 0.15) is 0 Å². The van der Waals surface area contributed by atoms with E-state index in [1.54, 1.807) is 12.1 Å². The fourth-order valence-corrected chi connectivity index (χ4v) is 1.71. The van der Waals surface area contributed by atoms with Gasteiger partial charge >= 0.3 is 5.97 Å². The minimum atomic E-state index is -0.274. The summed E-state index contributed by atoms with van der Waals surface area (Å²) in [4.78, 5) is 23.0. The molecule has 0 radical (unpaired) electrons. The molecule has 0 amide bonds. The van der Waals surface area contributed by atoms with Gasteiger partial charge < -0.3 is 4.74 Å². The number of ketones is 1. The van der Waals surface area contributed by atoms with Crippen LogP contribution < -0.4 is 0 Å². The molecule has 0 unspecified atom stereocenters. The van der Waals surface area contributed by atoms with Crippen molar-refractivity contribution >= 4 is 11.8 Å². The second-order valence-corrected chi connectivity index (χ2v) is 3.70. The normalized spacial score (nSPS) is 23.3. The third kappa shape index (κ3) is 1.91. The minimum absolute atomic E-state index is 0.0472. The molecule has 0 aliphatic heterocycles. The molecule has 0 saturated heterocycles. The van der Waals surface area contributed by atoms with Gasteiger partial charge in [-0.3, -0.25) is 9.59 Å². The van der Waals surface area contributed by atoms with Gasteiger partial charge in [-0.2, -0.15) is 0 Å². The van der Waals surface area contributed by atoms with Crippen LogP contribution in [0, 0.1) is 11.8 Å². The van der Waals surface area contributed by atoms with Gasteiger partial charge in [-0.15, -0.1) is 0 Å². The largest absolute Gasteiger partial charge is 0.469 e. The second-order valence-electron chi connectivity index (χ2n) is 3.70. The molecule has 3 heteroatoms. The Bertz CT molecular complexity index is 383. The lowest BCUT2D eigenvalue weighted by Crippen LogP contribution is -2.10. The Labute approximate surface area is 88.1 Å². The van der Waals surface area contributed by atoms with Crippen molar-refractivity contribution in [2.45, 2.75) is 6.42 Å². The summed E-state index contributed by atoms with van der Waals surface area (Å²) in [6.07, 6.45) is 0.625. The lowest BCUT2D eigenvalue weighted by Gasteiger charge is -1.99. The number of ether oxygens (including phenoxy) is 1. The van der Waals surface area contributed by atoms with Crippen LogP contribution in [0.2, 0.25) is 0 Å². The van der Waals surface area contributed by atoms with Crippen molar-refractivity contribution in [2.24, 2.45) is 11.8 Å². The van der Waals surface area contributed by atoms with Gasteiger partial charge in [-0.1, -0.05) is 30.3 Å². The highest BCUT2D eigenvalue weighted by Crippen LogP contribution is 2.41. The summed E-state index contributed by atoms with van der Waals surface area (Å²) in [5, 5.41) is 0. The van der Waals surface area contributed by atoms with Crippen LogP contribution in [0.15, 0.2) is 30.3 Å². The molecule has 0 aromatic heterocycles. The molecule has 1 fully saturated rings. The zero-order valence-corrected chi connectivity index (χ0v) is 8.47. The molecule has 1 aromatic carbocycles. The van der Waals surface area contributed by atoms with E-state index in [2.05, 4.69) is 4.74 Å². The van der Waals surface area contributed by atoms with Crippen LogP contribution in [0.1, 0.15) is 16.8 Å². The highest BCUT2D eigenvalue weighted by molar-refractivity contribution is 6.02. The number of carbonyl (C=O) groups excluding carboxylic acids is 2. The highest BCUT2D eigenvalue weighted by atomic mass is 16.5. The Hall–Kier alpha value is -1.64. The van der Waals surface area contributed by atoms with E-state index in [0.717, 1.165) is 0 Å². The van der Waals surface area contributed by atoms with Gasteiger partial charge in [0, 0.05) is 11.5 Å². The maximum absolute atomic E-state index is 11.8. The minimum Gasteiger partial charge on any atom is -0.469 e. The first-order valence-corrected chi connectivity index (χ1v) is 4.91. The third-order valence-corrected chi connectivity index (χ3v) is 2.69. The Morgan fingerprint density at radius 2 is 1.87 bits per heavy atom. The van der Waals surface area contributed by atoms with Gasteiger partial charge in [-0.25, -0.2) is 0 Å². The maximum atomic E-state index is 11.8. The number of hydrogen-bond donors (Lipinski definition) is 0. The maximum Gasteiger partial charge on any atom is 0.309 e. The van der Waals surface area contributed by atoms with Crippen molar-refractivity contribution in [1.82, 2.24) is 0 Å². The van der Waals surface area contributed by atoms with Crippen molar-refractivity contribution in [2.75, 3.05) is 7.11 Å². The Morgan fingerprint density at radius 1 is 1.20 bits per heavy atom. The molecule has 15 heavy (non-hydrogen) atoms. The van der Waals surface area contributed by atoms with Crippen LogP contribution in [0.4, 0.5) is 0 Å². The molecule has 2 rings (SSSR count). The molecular formula is C12H12O3. The molecule has 1 aliphatic rings. The first kappa shape index (κ1) is 9.90. The predicted molar refractivity (Wildman–Crippen MR) is 54.4 cm³/mol. The number of rotatable bonds is 3. The van der Waals surface area contributed by atoms with Crippen molar-refractivity contribution in [1.29, 1.82) is 0 Å². The van der Waals surface area contributed by atoms with Gasteiger partial charge in [0.25, 0.3) is 0 Å². The standard InChI is InChI=1S/C12H12O3/c1-15-12(14)10-7-9(10)11(13)8-5-3-2-4-6-8/h2-6,9-10H,7H2,1H3/t9-,10-/m1/s1. The molecule has 0 spiro atoms. The molecular weight excluding hydrogens is 192 g/mol. The predicted octanol–water partition coefficient (Wildman–Crippen LogP) is 1.68. The zero-order valence-electron chi connectivity index (χ0n) is 8.47. The van der Waals surface area contributed by atoms with E-state index in [1.807, 2.05) is 18.2 Å². The van der Waals surface area contributed by atoms with Crippen molar-refractivity contribution in [3.8, 4) is 0 Å². The number of benzene rings is 1. The highest BCUT2D eigenvalue weighted by Gasteiger charge is 2.48. The van der Waals surface area contributed by atoms with Crippen LogP contribution in [-0.2, 0) is 9.53 Å². The SMILES string of the molecule is COC(=O)[C@@H]1C[C@H]1C(=O)c1ccccc1. The summed E-state index contributed by atoms with van der Waals surface area (Å²) in [5.41, 5.74) is 0.675. The van der Waals surface area contributed by atoms with Crippen LogP contribution in [0.25, 0.3) is 0 Å². The van der Waals surface area contributed by atoms with E-state index < -0.39 is 0 Å². The molecule has 1 aliphatic carbocycles. The molecule has 78 valence electrons. The number of hydrogen-bond acceptors (Lipinski definition) is 3. The molecule has 0 heterocycles. The Kier molecular flexibility index (Phi) is 2.54. The number of esters is 1. The van der Waals surface area contributed by atoms with E-state index in [0.29, 0.717) is 12.0 Å². The zero-order chi connectivity index (χ0) is 10.8. The van der Waals surface area contributed by atoms with Crippen LogP contribution in [0.5, 0.6) is 0 Å². The van der Waals surface area contributed by atoms with Gasteiger partial charge in [0.15, 0.2) is 5.78 Å². The topological polar surface area (TPSA) is 43.4 Å². The number of carbonyl (C=O) groups is 2. The smallest absolute Gasteiger partial charge is 0.309 e. The van der Waals surface area contributed by atoms with Crippen molar-refractivity contribution in [3.63, 3.8) is 0 Å². The van der Waals surface area contributed by atoms with Crippen molar-refractivity contribution in [3.05, 3.63) is 35.9 Å². The summed E-state index contributed by atoms with van der Waals surface area (Å²) in [5.74, 6) is -0.613. The first-order valence-electron chi connectivity index (χ1n) is 4.91. The number of methoxy groups -OCH3 is 1. The van der Waals surface area contributed by atoms with E-state index in [-0.39, 0.29) is 23.6 Å². The summed E-state index contributed by atoms with van der Waals surface area (Å²) in [6.45, 7) is 0. The molecule has 1 saturated carbocycles. The summed E-state index contributed by atoms with van der Waals surface area (Å²) in [6, 6.07) is 9.05. The summed E-state index contributed by atoms with van der Waals surface area (Å²) < 4.78 is 4.60. The molecule has 0 bridgehead atoms. The Balaban J connectivity index is 2.04. The molecule has 2 atom stereocenters. The average molecular weight is 204 g/mol. The van der Waals surface area contributed by atoms with Gasteiger partial charge in [-0.05, 0) is 6.42 Å². The van der Waals surface area contributed by atoms with Crippen LogP contribution in [-0.4, -0.2) is 18.9 Å². The third-order valence-electron chi connectivity index (χ3n) is 2.69. The molecule has 1 aromatic rings. The quantitative estimate of drug-likeness (QED) is 0.555. The van der Waals surface area contributed by atoms with Gasteiger partial charge in [0.2, 0.25) is 0 Å². The van der Waals surface area contributed by atoms with Crippen LogP contribution in [0.3, 0.4) is 0 Å². The Morgan fingerprint density at radius 3 is 2.47 bits per heavy atom. The molecule has 0 N–H and O–H groups in total. The number of Topliss-reactive ketones (excluding diaryl/α,β-unsaturated/α-hetero) is 1. The fourth-order valence-electron chi connectivity index (χ4n) is 1.71. The summed E-state index contributed by atoms with van der Waals surface area (Å²) in [7, 11) is 1.35. The van der Waals surface area contributed by atoms with Gasteiger partial charge in [0.05, 0.1) is 13.0 Å². The van der Waals surface area contributed by atoms with E-state index in [4.69, 9.17) is 0 Å². The van der Waals surface area contributed by atoms with E-state index in [1.165, 1.54) is 7.11 Å². The first-order chi connectivity index (χ1) is 7.24. The summed E-state index contributed by atoms with van der Waals surface area (Å²) >= 11 is 0. The van der Waals surface area contributed by atoms with Crippen LogP contribution >= 0.6 is 0 Å². The molecule has 3 nitrogen and oxygen atoms in total. The second kappa shape index (κ2) is 3.85. The average Bonchev–Trinajstić information content (AvgIpc) is 3.08. The lowest BCUT2D eigenvalue weighted by molar-refractivity contribution is -0.142. The monoisotopic (exact) mass is 204 g/mol. The van der Waals surface area contributed by atoms with Crippen molar-refractivity contribution < 1.29 is 14.3 Å².